The van der Waals surface area contributed by atoms with Crippen molar-refractivity contribution < 1.29 is 9.84 Å². The molecule has 0 aliphatic rings. The Balaban J connectivity index is 2.20. The zero-order chi connectivity index (χ0) is 15.4. The Morgan fingerprint density at radius 3 is 2.71 bits per heavy atom. The number of nitrogens with zero attached hydrogens (tertiary/aromatic N) is 4. The van der Waals surface area contributed by atoms with Gasteiger partial charge in [-0.05, 0) is 17.8 Å². The van der Waals surface area contributed by atoms with E-state index in [1.807, 2.05) is 11.5 Å². The number of fused-ring (bicyclic) bond motifs is 1. The molecule has 0 amide bonds. The summed E-state index contributed by atoms with van der Waals surface area (Å²) in [6.07, 6.45) is 3.18. The third-order valence-corrected chi connectivity index (χ3v) is 4.02. The first-order valence-corrected chi connectivity index (χ1v) is 7.09. The molecule has 21 heavy (non-hydrogen) atoms. The van der Waals surface area contributed by atoms with Crippen LogP contribution in [0.1, 0.15) is 13.8 Å². The number of aliphatic hydroxyl groups excluding tert-OH is 1. The van der Waals surface area contributed by atoms with E-state index in [9.17, 15) is 5.11 Å². The van der Waals surface area contributed by atoms with Gasteiger partial charge in [-0.2, -0.15) is 0 Å². The number of nitrogens with two attached hydrogens (primary N) is 1. The zero-order valence-corrected chi connectivity index (χ0v) is 12.7. The van der Waals surface area contributed by atoms with Gasteiger partial charge in [0.2, 0.25) is 0 Å². The third-order valence-electron chi connectivity index (χ3n) is 4.02. The molecule has 2 aromatic rings. The molecule has 0 aromatic carbocycles. The van der Waals surface area contributed by atoms with Crippen molar-refractivity contribution in [2.75, 3.05) is 26.1 Å². The molecule has 0 saturated carbocycles. The summed E-state index contributed by atoms with van der Waals surface area (Å²) < 4.78 is 7.27. The summed E-state index contributed by atoms with van der Waals surface area (Å²) in [7, 11) is 1.68. The summed E-state index contributed by atoms with van der Waals surface area (Å²) in [5, 5.41) is 9.40. The number of rotatable bonds is 7. The van der Waals surface area contributed by atoms with Gasteiger partial charge in [-0.15, -0.1) is 0 Å². The summed E-state index contributed by atoms with van der Waals surface area (Å²) >= 11 is 0. The number of aliphatic hydroxyl groups is 1. The van der Waals surface area contributed by atoms with Crippen LogP contribution in [0.25, 0.3) is 11.2 Å². The van der Waals surface area contributed by atoms with Crippen LogP contribution in [0.2, 0.25) is 0 Å². The Labute approximate surface area is 124 Å². The van der Waals surface area contributed by atoms with E-state index in [0.717, 1.165) is 12.2 Å². The van der Waals surface area contributed by atoms with Crippen molar-refractivity contribution in [1.82, 2.24) is 19.5 Å². The number of hydrogen-bond acceptors (Lipinski definition) is 6. The average molecular weight is 293 g/mol. The van der Waals surface area contributed by atoms with Gasteiger partial charge < -0.3 is 20.1 Å². The molecule has 2 aromatic heterocycles. The van der Waals surface area contributed by atoms with Crippen molar-refractivity contribution in [1.29, 1.82) is 0 Å². The Morgan fingerprint density at radius 1 is 1.29 bits per heavy atom. The predicted octanol–water partition coefficient (Wildman–Crippen LogP) is 0.936. The molecule has 3 atom stereocenters. The Bertz CT molecular complexity index is 586. The molecule has 0 bridgehead atoms. The molecular weight excluding hydrogens is 270 g/mol. The number of nitrogen functional groups attached to an aromatic ring is 1. The van der Waals surface area contributed by atoms with Gasteiger partial charge in [0.05, 0.1) is 6.33 Å². The van der Waals surface area contributed by atoms with Crippen LogP contribution in [0, 0.1) is 17.8 Å². The van der Waals surface area contributed by atoms with Gasteiger partial charge >= 0.3 is 0 Å². The lowest BCUT2D eigenvalue weighted by Gasteiger charge is -2.28. The lowest BCUT2D eigenvalue weighted by Crippen LogP contribution is -2.29. The van der Waals surface area contributed by atoms with Gasteiger partial charge in [-0.3, -0.25) is 0 Å². The van der Waals surface area contributed by atoms with E-state index in [4.69, 9.17) is 10.5 Å². The molecule has 0 radical (unpaired) electrons. The quantitative estimate of drug-likeness (QED) is 0.788. The van der Waals surface area contributed by atoms with Gasteiger partial charge in [0.15, 0.2) is 11.5 Å². The molecule has 2 rings (SSSR count). The lowest BCUT2D eigenvalue weighted by atomic mass is 9.84. The maximum absolute atomic E-state index is 9.40. The van der Waals surface area contributed by atoms with Crippen LogP contribution in [0.15, 0.2) is 12.7 Å². The van der Waals surface area contributed by atoms with Crippen LogP contribution in [-0.2, 0) is 11.3 Å². The second-order valence-corrected chi connectivity index (χ2v) is 5.58. The molecule has 0 aliphatic carbocycles. The van der Waals surface area contributed by atoms with Crippen molar-refractivity contribution in [3.8, 4) is 0 Å². The monoisotopic (exact) mass is 293 g/mol. The molecule has 0 saturated heterocycles. The van der Waals surface area contributed by atoms with Crippen LogP contribution in [-0.4, -0.2) is 44.9 Å². The Hall–Kier alpha value is -1.73. The molecule has 3 N–H and O–H groups in total. The van der Waals surface area contributed by atoms with Crippen LogP contribution in [0.5, 0.6) is 0 Å². The summed E-state index contributed by atoms with van der Waals surface area (Å²) in [5.41, 5.74) is 7.16. The fourth-order valence-electron chi connectivity index (χ4n) is 2.70. The highest BCUT2D eigenvalue weighted by molar-refractivity contribution is 5.81. The van der Waals surface area contributed by atoms with Gasteiger partial charge in [-0.1, -0.05) is 13.8 Å². The van der Waals surface area contributed by atoms with Crippen molar-refractivity contribution in [2.45, 2.75) is 20.4 Å². The molecule has 0 fully saturated rings. The second-order valence-electron chi connectivity index (χ2n) is 5.58. The minimum Gasteiger partial charge on any atom is -0.396 e. The molecule has 0 spiro atoms. The highest BCUT2D eigenvalue weighted by Crippen LogP contribution is 2.24. The predicted molar refractivity (Wildman–Crippen MR) is 80.5 cm³/mol. The maximum Gasteiger partial charge on any atom is 0.165 e. The number of hydrogen-bond donors (Lipinski definition) is 2. The van der Waals surface area contributed by atoms with Crippen LogP contribution in [0.4, 0.5) is 5.82 Å². The van der Waals surface area contributed by atoms with Crippen molar-refractivity contribution in [2.24, 2.45) is 17.8 Å². The molecular formula is C14H23N5O2. The topological polar surface area (TPSA) is 99.1 Å². The highest BCUT2D eigenvalue weighted by Gasteiger charge is 2.24. The van der Waals surface area contributed by atoms with Crippen LogP contribution >= 0.6 is 0 Å². The van der Waals surface area contributed by atoms with Crippen molar-refractivity contribution in [3.63, 3.8) is 0 Å². The fourth-order valence-corrected chi connectivity index (χ4v) is 2.70. The van der Waals surface area contributed by atoms with E-state index < -0.39 is 0 Å². The zero-order valence-electron chi connectivity index (χ0n) is 12.7. The summed E-state index contributed by atoms with van der Waals surface area (Å²) in [6, 6.07) is 0. The van der Waals surface area contributed by atoms with E-state index >= 15 is 0 Å². The fraction of sp³-hybridized carbons (Fsp3) is 0.643. The van der Waals surface area contributed by atoms with Crippen molar-refractivity contribution in [3.05, 3.63) is 12.7 Å². The minimum atomic E-state index is 0.151. The summed E-state index contributed by atoms with van der Waals surface area (Å²) in [6.45, 7) is 5.69. The Morgan fingerprint density at radius 2 is 2.05 bits per heavy atom. The van der Waals surface area contributed by atoms with E-state index in [1.165, 1.54) is 6.33 Å². The van der Waals surface area contributed by atoms with E-state index in [-0.39, 0.29) is 18.4 Å². The smallest absolute Gasteiger partial charge is 0.165 e. The third kappa shape index (κ3) is 3.30. The molecule has 2 unspecified atom stereocenters. The molecule has 7 heteroatoms. The van der Waals surface area contributed by atoms with Gasteiger partial charge in [0.1, 0.15) is 11.8 Å². The molecule has 2 heterocycles. The number of imidazole rings is 1. The molecule has 116 valence electrons. The van der Waals surface area contributed by atoms with E-state index in [2.05, 4.69) is 21.9 Å². The summed E-state index contributed by atoms with van der Waals surface area (Å²) in [4.78, 5) is 12.5. The van der Waals surface area contributed by atoms with Gasteiger partial charge in [-0.25, -0.2) is 15.0 Å². The maximum atomic E-state index is 9.40. The van der Waals surface area contributed by atoms with E-state index in [1.54, 1.807) is 13.4 Å². The SMILES string of the molecule is COC[C@H](C(C)CO)C(C)Cn1cnc2c(N)ncnc21. The normalized spacial score (nSPS) is 16.0. The molecule has 0 aliphatic heterocycles. The largest absolute Gasteiger partial charge is 0.396 e. The van der Waals surface area contributed by atoms with E-state index in [0.29, 0.717) is 23.9 Å². The minimum absolute atomic E-state index is 0.151. The first kappa shape index (κ1) is 15.7. The first-order chi connectivity index (χ1) is 10.1. The van der Waals surface area contributed by atoms with Crippen LogP contribution in [0.3, 0.4) is 0 Å². The summed E-state index contributed by atoms with van der Waals surface area (Å²) in [5.74, 6) is 1.13. The average Bonchev–Trinajstić information content (AvgIpc) is 2.88. The Kier molecular flexibility index (Phi) is 5.08. The van der Waals surface area contributed by atoms with Gasteiger partial charge in [0.25, 0.3) is 0 Å². The standard InChI is InChI=1S/C14H23N5O2/c1-9(11(6-21-3)10(2)5-20)4-19-8-18-12-13(15)16-7-17-14(12)19/h7-11,20H,4-6H2,1-3H3,(H2,15,16,17)/t9?,10?,11-/m0/s1. The lowest BCUT2D eigenvalue weighted by molar-refractivity contribution is 0.0618. The number of aromatic nitrogens is 4. The van der Waals surface area contributed by atoms with Gasteiger partial charge in [0, 0.05) is 26.9 Å². The van der Waals surface area contributed by atoms with Crippen LogP contribution < -0.4 is 5.73 Å². The highest BCUT2D eigenvalue weighted by atomic mass is 16.5. The number of methoxy groups -OCH3 is 1. The molecule has 7 nitrogen and oxygen atoms in total. The first-order valence-electron chi connectivity index (χ1n) is 7.09. The second kappa shape index (κ2) is 6.82. The number of ether oxygens (including phenoxy) is 1. The van der Waals surface area contributed by atoms with Crippen molar-refractivity contribution >= 4 is 17.0 Å². The number of anilines is 1.